The van der Waals surface area contributed by atoms with Crippen molar-refractivity contribution in [1.82, 2.24) is 70.4 Å². The highest BCUT2D eigenvalue weighted by Gasteiger charge is 2.46. The Morgan fingerprint density at radius 2 is 1.27 bits per heavy atom. The predicted molar refractivity (Wildman–Crippen MR) is 354 cm³/mol. The van der Waals surface area contributed by atoms with Gasteiger partial charge in [0.2, 0.25) is 11.8 Å². The van der Waals surface area contributed by atoms with Gasteiger partial charge < -0.3 is 51.7 Å². The molecule has 6 amide bonds. The summed E-state index contributed by atoms with van der Waals surface area (Å²) >= 11 is 7.12. The van der Waals surface area contributed by atoms with E-state index in [9.17, 15) is 39.3 Å². The lowest BCUT2D eigenvalue weighted by Crippen LogP contribution is -2.50. The summed E-state index contributed by atoms with van der Waals surface area (Å²) in [5.74, 6) is -4.08. The minimum atomic E-state index is -1.41. The topological polar surface area (TPSA) is 328 Å². The third kappa shape index (κ3) is 13.8. The van der Waals surface area contributed by atoms with Crippen molar-refractivity contribution >= 4 is 103 Å². The number of hydrogen-bond acceptors (Lipinski definition) is 24. The Labute approximate surface area is 557 Å². The van der Waals surface area contributed by atoms with Gasteiger partial charge in [-0.05, 0) is 68.2 Å². The lowest BCUT2D eigenvalue weighted by Gasteiger charge is -2.35. The first-order valence-electron chi connectivity index (χ1n) is 30.2. The maximum absolute atomic E-state index is 15.2. The fourth-order valence-electron chi connectivity index (χ4n) is 11.9. The van der Waals surface area contributed by atoms with E-state index in [2.05, 4.69) is 35.7 Å². The molecule has 8 N–H and O–H groups in total. The Morgan fingerprint density at radius 1 is 0.634 bits per heavy atom. The van der Waals surface area contributed by atoms with E-state index in [-0.39, 0.29) is 58.1 Å². The molecule has 11 heterocycles. The number of phenols is 1. The van der Waals surface area contributed by atoms with Crippen molar-refractivity contribution in [2.24, 2.45) is 11.7 Å². The molecule has 480 valence electrons. The highest BCUT2D eigenvalue weighted by atomic mass is 32.1. The van der Waals surface area contributed by atoms with Crippen LogP contribution in [-0.4, -0.2) is 176 Å². The lowest BCUT2D eigenvalue weighted by atomic mass is 10.00. The van der Waals surface area contributed by atoms with Gasteiger partial charge in [-0.15, -0.1) is 68.0 Å². The van der Waals surface area contributed by atoms with Crippen LogP contribution in [0.25, 0.3) is 43.4 Å². The smallest absolute Gasteiger partial charge is 0.273 e. The molecule has 24 nitrogen and oxygen atoms in total. The van der Waals surface area contributed by atoms with Crippen LogP contribution in [0, 0.1) is 12.8 Å². The van der Waals surface area contributed by atoms with Crippen LogP contribution in [0.2, 0.25) is 0 Å². The number of carbonyl (C=O) groups is 6. The number of rotatable bonds is 11. The number of piperazine rings is 1. The Hall–Kier alpha value is -8.17. The molecule has 93 heavy (non-hydrogen) atoms. The molecular weight excluding hydrogens is 1300 g/mol. The van der Waals surface area contributed by atoms with Crippen molar-refractivity contribution in [1.29, 1.82) is 0 Å². The number of nitrogens with zero attached hydrogens (tertiary/aromatic N) is 11. The van der Waals surface area contributed by atoms with Crippen LogP contribution in [0.5, 0.6) is 5.75 Å². The number of benzene rings is 2. The monoisotopic (exact) mass is 1370 g/mol. The van der Waals surface area contributed by atoms with Gasteiger partial charge in [0.15, 0.2) is 0 Å². The first-order valence-corrected chi connectivity index (χ1v) is 35.4. The van der Waals surface area contributed by atoms with Gasteiger partial charge >= 0.3 is 0 Å². The average molecular weight is 1370 g/mol. The maximum Gasteiger partial charge on any atom is 0.273 e. The first kappa shape index (κ1) is 63.6. The van der Waals surface area contributed by atoms with E-state index >= 15 is 4.79 Å². The SMILES string of the molecule is Cc1sc2nc1C(=O)N[C@@H]([C@H](O)c1ccccc1)c1nc(cs1)C(=O)N[C@@H](Cc1ccc(O)cc1)C(=O)N1C[C@H](O)[C@H](C)[C@H]1c1nc(cs1)-c1nc(cs1)-c1nc(-c3nc(C(=O)N4CCN(CCN5CCCC5)CC4)cs3)ccc1-c1nc(cs1)C(=O)N[C@H]2CC(N)=O. The number of aromatic nitrogens is 7. The summed E-state index contributed by atoms with van der Waals surface area (Å²) in [5.41, 5.74) is 9.23. The molecule has 4 aliphatic rings. The fraction of sp³-hybridized carbons (Fsp3) is 0.349. The predicted octanol–water partition coefficient (Wildman–Crippen LogP) is 7.14. The van der Waals surface area contributed by atoms with Crippen molar-refractivity contribution < 1.29 is 44.1 Å². The number of primary amides is 1. The zero-order valence-electron chi connectivity index (χ0n) is 50.2. The number of nitrogens with two attached hydrogens (primary N) is 1. The average Bonchev–Trinajstić information content (AvgIpc) is 1.74. The molecule has 0 aliphatic carbocycles. The van der Waals surface area contributed by atoms with Crippen LogP contribution in [0.15, 0.2) is 93.6 Å². The van der Waals surface area contributed by atoms with E-state index in [1.165, 1.54) is 80.6 Å². The Morgan fingerprint density at radius 3 is 2.02 bits per heavy atom. The van der Waals surface area contributed by atoms with E-state index in [1.54, 1.807) is 66.2 Å². The number of aryl methyl sites for hydroxylation is 1. The van der Waals surface area contributed by atoms with Crippen molar-refractivity contribution in [3.63, 3.8) is 0 Å². The molecule has 0 radical (unpaired) electrons. The number of carbonyl (C=O) groups excluding carboxylic acids is 6. The number of pyridine rings is 1. The van der Waals surface area contributed by atoms with E-state index in [0.29, 0.717) is 83.2 Å². The molecule has 4 aliphatic heterocycles. The van der Waals surface area contributed by atoms with Crippen molar-refractivity contribution in [3.05, 3.63) is 147 Å². The minimum absolute atomic E-state index is 0.00105. The number of thiazole rings is 6. The molecule has 0 unspecified atom stereocenters. The van der Waals surface area contributed by atoms with Gasteiger partial charge in [-0.25, -0.2) is 34.9 Å². The second-order valence-electron chi connectivity index (χ2n) is 23.2. The lowest BCUT2D eigenvalue weighted by molar-refractivity contribution is -0.134. The van der Waals surface area contributed by atoms with E-state index in [1.807, 2.05) is 28.7 Å². The van der Waals surface area contributed by atoms with Crippen molar-refractivity contribution in [3.8, 4) is 49.1 Å². The largest absolute Gasteiger partial charge is 0.508 e. The third-order valence-corrected chi connectivity index (χ3v) is 22.6. The minimum Gasteiger partial charge on any atom is -0.508 e. The number of likely N-dealkylation sites (tertiary alicyclic amines) is 1. The van der Waals surface area contributed by atoms with E-state index in [0.717, 1.165) is 61.9 Å². The molecule has 0 spiro atoms. The van der Waals surface area contributed by atoms with Gasteiger partial charge in [0.05, 0.1) is 30.3 Å². The molecule has 3 saturated heterocycles. The number of phenolic OH excluding ortho intramolecular Hbond substituents is 1. The van der Waals surface area contributed by atoms with Crippen LogP contribution in [0.1, 0.15) is 123 Å². The summed E-state index contributed by atoms with van der Waals surface area (Å²) < 4.78 is 0. The van der Waals surface area contributed by atoms with Crippen LogP contribution in [-0.2, 0) is 16.0 Å². The second-order valence-corrected chi connectivity index (χ2v) is 28.8. The Kier molecular flexibility index (Phi) is 18.7. The second kappa shape index (κ2) is 27.4. The normalized spacial score (nSPS) is 21.2. The van der Waals surface area contributed by atoms with Crippen LogP contribution in [0.3, 0.4) is 0 Å². The van der Waals surface area contributed by atoms with Gasteiger partial charge in [0.25, 0.3) is 23.6 Å². The zero-order valence-corrected chi connectivity index (χ0v) is 55.1. The van der Waals surface area contributed by atoms with Crippen LogP contribution in [0.4, 0.5) is 0 Å². The highest BCUT2D eigenvalue weighted by molar-refractivity contribution is 7.15. The van der Waals surface area contributed by atoms with Crippen LogP contribution >= 0.6 is 68.0 Å². The summed E-state index contributed by atoms with van der Waals surface area (Å²) in [6, 6.07) is 14.0. The molecule has 7 aromatic heterocycles. The van der Waals surface area contributed by atoms with Crippen LogP contribution < -0.4 is 21.7 Å². The summed E-state index contributed by atoms with van der Waals surface area (Å²) in [5, 5.41) is 53.1. The highest BCUT2D eigenvalue weighted by Crippen LogP contribution is 2.43. The third-order valence-electron chi connectivity index (χ3n) is 17.0. The number of aromatic hydroxyl groups is 1. The molecule has 7 atom stereocenters. The molecular formula is C63H63N15O9S6. The number of aliphatic hydroxyl groups is 2. The molecule has 9 aromatic rings. The first-order chi connectivity index (χ1) is 45.0. The van der Waals surface area contributed by atoms with Gasteiger partial charge in [-0.3, -0.25) is 33.7 Å². The van der Waals surface area contributed by atoms with Crippen molar-refractivity contribution in [2.45, 2.75) is 75.9 Å². The molecule has 30 heteroatoms. The van der Waals surface area contributed by atoms with E-state index in [4.69, 9.17) is 30.7 Å². The molecule has 13 rings (SSSR count). The molecule has 2 aromatic carbocycles. The Balaban J connectivity index is 0.862. The molecule has 10 bridgehead atoms. The number of nitrogens with one attached hydrogen (secondary N) is 3. The maximum atomic E-state index is 15.2. The van der Waals surface area contributed by atoms with Gasteiger partial charge in [-0.2, -0.15) is 0 Å². The number of hydrogen-bond donors (Lipinski definition) is 7. The molecule has 3 fully saturated rings. The number of amides is 6. The number of aliphatic hydroxyl groups excluding tert-OH is 2. The van der Waals surface area contributed by atoms with Gasteiger partial charge in [0, 0.05) is 95.5 Å². The summed E-state index contributed by atoms with van der Waals surface area (Å²) in [4.78, 5) is 128. The zero-order chi connectivity index (χ0) is 64.6. The fourth-order valence-corrected chi connectivity index (χ4v) is 17.2. The summed E-state index contributed by atoms with van der Waals surface area (Å²) in [7, 11) is 0. The van der Waals surface area contributed by atoms with E-state index < -0.39 is 71.8 Å². The standard InChI is InChI=1S/C63H63N15O9S6/c1-32-46(80)26-78-51(32)61-71-44(30-92-61)58-68-41(27-89-58)49-37(14-15-38(65-49)57-72-45(31-90-57)62(86)77-22-20-76(21-23-77)19-18-75-16-6-7-17-75)56-69-42(28-88-56)53(83)66-39(25-47(64)81)59-74-48(33(2)93-59)55(85)73-50(52(82)35-8-4-3-5-9-35)60-70-43(29-91-60)54(84)67-40(63(78)87)24-34-10-12-36(79)13-11-34/h3-5,8-15,27-32,39-40,46,50-52,79-80,82H,6-7,16-26H2,1-2H3,(H2,64,81)(H,66,83)(H,67,84)(H,73,85)/t32-,39-,40-,46-,50-,51-,52+/m0/s1. The quantitative estimate of drug-likeness (QED) is 0.0676. The summed E-state index contributed by atoms with van der Waals surface area (Å²) in [6.07, 6.45) is -0.297. The number of fused-ring (bicyclic) bond motifs is 16. The van der Waals surface area contributed by atoms with Gasteiger partial charge in [-0.1, -0.05) is 49.4 Å². The molecule has 0 saturated carbocycles. The Bertz CT molecular complexity index is 4250. The summed E-state index contributed by atoms with van der Waals surface area (Å²) in [6.45, 7) is 10.5. The van der Waals surface area contributed by atoms with Gasteiger partial charge in [0.1, 0.15) is 93.8 Å². The van der Waals surface area contributed by atoms with Crippen molar-refractivity contribution in [2.75, 3.05) is 58.9 Å².